The van der Waals surface area contributed by atoms with E-state index in [-0.39, 0.29) is 29.9 Å². The van der Waals surface area contributed by atoms with Gasteiger partial charge in [-0.2, -0.15) is 0 Å². The van der Waals surface area contributed by atoms with Gasteiger partial charge in [-0.15, -0.1) is 12.4 Å². The average Bonchev–Trinajstić information content (AvgIpc) is 3.08. The Hall–Kier alpha value is -1.79. The van der Waals surface area contributed by atoms with Crippen LogP contribution in [0.5, 0.6) is 0 Å². The summed E-state index contributed by atoms with van der Waals surface area (Å²) < 4.78 is 13.8. The zero-order valence-electron chi connectivity index (χ0n) is 12.5. The molecule has 3 atom stereocenters. The summed E-state index contributed by atoms with van der Waals surface area (Å²) in [5.74, 6) is 0.207. The fraction of sp³-hybridized carbons (Fsp3) is 0.438. The minimum atomic E-state index is -0.465. The molecule has 122 valence electrons. The highest BCUT2D eigenvalue weighted by molar-refractivity contribution is 6.04. The summed E-state index contributed by atoms with van der Waals surface area (Å²) in [6, 6.07) is 2.73. The number of carbonyl (C=O) groups excluding carboxylic acids is 1. The van der Waals surface area contributed by atoms with Crippen LogP contribution in [0.15, 0.2) is 24.5 Å². The van der Waals surface area contributed by atoms with Gasteiger partial charge >= 0.3 is 0 Å². The standard InChI is InChI=1S/C16H17FN4O.ClH/c17-10-5-11(15-14(6-10)19-3-4-20-15)16(22)21-7-9-1-2-13(18)12(9)8-21;/h3-6,9,12-13H,1-2,7-8,18H2;1H. The molecule has 2 heterocycles. The summed E-state index contributed by atoms with van der Waals surface area (Å²) in [5, 5.41) is 0. The maximum atomic E-state index is 13.8. The van der Waals surface area contributed by atoms with Gasteiger partial charge in [0.15, 0.2) is 0 Å². The van der Waals surface area contributed by atoms with Crippen LogP contribution in [0.4, 0.5) is 4.39 Å². The summed E-state index contributed by atoms with van der Waals surface area (Å²) in [7, 11) is 0. The molecule has 2 aliphatic rings. The van der Waals surface area contributed by atoms with Crippen molar-refractivity contribution >= 4 is 29.3 Å². The molecule has 5 nitrogen and oxygen atoms in total. The second-order valence-corrected chi connectivity index (χ2v) is 6.25. The van der Waals surface area contributed by atoms with Gasteiger partial charge in [0.1, 0.15) is 11.3 Å². The maximum absolute atomic E-state index is 13.8. The Morgan fingerprint density at radius 1 is 1.22 bits per heavy atom. The minimum absolute atomic E-state index is 0. The largest absolute Gasteiger partial charge is 0.338 e. The van der Waals surface area contributed by atoms with Crippen molar-refractivity contribution in [3.63, 3.8) is 0 Å². The van der Waals surface area contributed by atoms with E-state index in [2.05, 4.69) is 9.97 Å². The SMILES string of the molecule is Cl.NC1CCC2CN(C(=O)c3cc(F)cc4nccnc34)CC12. The van der Waals surface area contributed by atoms with Crippen LogP contribution in [0.2, 0.25) is 0 Å². The van der Waals surface area contributed by atoms with E-state index in [4.69, 9.17) is 5.73 Å². The van der Waals surface area contributed by atoms with E-state index in [0.717, 1.165) is 12.8 Å². The number of hydrogen-bond acceptors (Lipinski definition) is 4. The Balaban J connectivity index is 0.00000156. The molecule has 0 spiro atoms. The highest BCUT2D eigenvalue weighted by Gasteiger charge is 2.42. The summed E-state index contributed by atoms with van der Waals surface area (Å²) in [6.45, 7) is 1.36. The third-order valence-electron chi connectivity index (χ3n) is 4.97. The van der Waals surface area contributed by atoms with Crippen molar-refractivity contribution in [2.24, 2.45) is 17.6 Å². The third-order valence-corrected chi connectivity index (χ3v) is 4.97. The lowest BCUT2D eigenvalue weighted by molar-refractivity contribution is 0.0781. The molecule has 1 saturated heterocycles. The Morgan fingerprint density at radius 3 is 2.78 bits per heavy atom. The molecule has 1 aliphatic carbocycles. The lowest BCUT2D eigenvalue weighted by atomic mass is 9.98. The molecule has 2 aromatic rings. The van der Waals surface area contributed by atoms with Crippen LogP contribution in [-0.4, -0.2) is 39.9 Å². The molecule has 1 saturated carbocycles. The van der Waals surface area contributed by atoms with Crippen LogP contribution < -0.4 is 5.73 Å². The number of amides is 1. The molecular formula is C16H18ClFN4O. The molecule has 1 aromatic carbocycles. The van der Waals surface area contributed by atoms with E-state index < -0.39 is 5.82 Å². The number of nitrogens with two attached hydrogens (primary N) is 1. The molecule has 1 aromatic heterocycles. The zero-order valence-corrected chi connectivity index (χ0v) is 13.3. The minimum Gasteiger partial charge on any atom is -0.338 e. The molecule has 1 amide bonds. The molecule has 23 heavy (non-hydrogen) atoms. The average molecular weight is 337 g/mol. The normalized spacial score (nSPS) is 26.2. The molecule has 3 unspecified atom stereocenters. The molecular weight excluding hydrogens is 319 g/mol. The number of halogens is 2. The summed E-state index contributed by atoms with van der Waals surface area (Å²) in [4.78, 5) is 22.9. The number of likely N-dealkylation sites (tertiary alicyclic amines) is 1. The van der Waals surface area contributed by atoms with Crippen molar-refractivity contribution in [1.82, 2.24) is 14.9 Å². The lowest BCUT2D eigenvalue weighted by Gasteiger charge is -2.19. The van der Waals surface area contributed by atoms with E-state index in [1.807, 2.05) is 0 Å². The number of carbonyl (C=O) groups is 1. The Morgan fingerprint density at radius 2 is 2.00 bits per heavy atom. The highest BCUT2D eigenvalue weighted by Crippen LogP contribution is 2.37. The van der Waals surface area contributed by atoms with Crippen LogP contribution in [0, 0.1) is 17.7 Å². The number of hydrogen-bond donors (Lipinski definition) is 1. The molecule has 2 fully saturated rings. The van der Waals surface area contributed by atoms with Crippen molar-refractivity contribution in [1.29, 1.82) is 0 Å². The van der Waals surface area contributed by atoms with E-state index in [9.17, 15) is 9.18 Å². The van der Waals surface area contributed by atoms with Gasteiger partial charge in [0.25, 0.3) is 5.91 Å². The quantitative estimate of drug-likeness (QED) is 0.864. The number of nitrogens with zero attached hydrogens (tertiary/aromatic N) is 3. The number of aromatic nitrogens is 2. The fourth-order valence-electron chi connectivity index (χ4n) is 3.85. The van der Waals surface area contributed by atoms with Crippen LogP contribution >= 0.6 is 12.4 Å². The molecule has 7 heteroatoms. The molecule has 0 bridgehead atoms. The monoisotopic (exact) mass is 336 g/mol. The summed E-state index contributed by atoms with van der Waals surface area (Å²) >= 11 is 0. The van der Waals surface area contributed by atoms with Gasteiger partial charge in [-0.25, -0.2) is 4.39 Å². The van der Waals surface area contributed by atoms with Crippen LogP contribution in [0.1, 0.15) is 23.2 Å². The molecule has 4 rings (SSSR count). The van der Waals surface area contributed by atoms with E-state index in [1.165, 1.54) is 24.5 Å². The first kappa shape index (κ1) is 16.1. The van der Waals surface area contributed by atoms with Crippen molar-refractivity contribution in [3.8, 4) is 0 Å². The van der Waals surface area contributed by atoms with Gasteiger partial charge in [0.2, 0.25) is 0 Å². The first-order valence-electron chi connectivity index (χ1n) is 7.58. The Labute approximate surface area is 139 Å². The molecule has 2 N–H and O–H groups in total. The molecule has 1 aliphatic heterocycles. The topological polar surface area (TPSA) is 72.1 Å². The second kappa shape index (κ2) is 6.02. The summed E-state index contributed by atoms with van der Waals surface area (Å²) in [5.41, 5.74) is 7.26. The number of rotatable bonds is 1. The van der Waals surface area contributed by atoms with Crippen molar-refractivity contribution < 1.29 is 9.18 Å². The van der Waals surface area contributed by atoms with E-state index in [1.54, 1.807) is 4.90 Å². The lowest BCUT2D eigenvalue weighted by Crippen LogP contribution is -2.33. The first-order chi connectivity index (χ1) is 10.6. The zero-order chi connectivity index (χ0) is 15.3. The fourth-order valence-corrected chi connectivity index (χ4v) is 3.85. The van der Waals surface area contributed by atoms with Gasteiger partial charge in [-0.05, 0) is 30.7 Å². The van der Waals surface area contributed by atoms with Crippen LogP contribution in [0.3, 0.4) is 0 Å². The van der Waals surface area contributed by atoms with Crippen molar-refractivity contribution in [2.75, 3.05) is 13.1 Å². The number of benzene rings is 1. The van der Waals surface area contributed by atoms with Crippen molar-refractivity contribution in [3.05, 3.63) is 35.9 Å². The van der Waals surface area contributed by atoms with Gasteiger partial charge in [0.05, 0.1) is 11.1 Å². The smallest absolute Gasteiger partial charge is 0.256 e. The van der Waals surface area contributed by atoms with E-state index >= 15 is 0 Å². The van der Waals surface area contributed by atoms with Crippen LogP contribution in [0.25, 0.3) is 11.0 Å². The van der Waals surface area contributed by atoms with E-state index in [0.29, 0.717) is 36.0 Å². The predicted octanol–water partition coefficient (Wildman–Crippen LogP) is 2.00. The Bertz CT molecular complexity index is 756. The highest BCUT2D eigenvalue weighted by atomic mass is 35.5. The Kier molecular flexibility index (Phi) is 4.21. The van der Waals surface area contributed by atoms with Gasteiger partial charge in [0, 0.05) is 37.6 Å². The predicted molar refractivity (Wildman–Crippen MR) is 86.8 cm³/mol. The van der Waals surface area contributed by atoms with Crippen molar-refractivity contribution in [2.45, 2.75) is 18.9 Å². The number of fused-ring (bicyclic) bond motifs is 2. The van der Waals surface area contributed by atoms with Gasteiger partial charge in [-0.1, -0.05) is 0 Å². The third kappa shape index (κ3) is 2.66. The summed E-state index contributed by atoms with van der Waals surface area (Å²) in [6.07, 6.45) is 5.12. The van der Waals surface area contributed by atoms with Gasteiger partial charge < -0.3 is 10.6 Å². The first-order valence-corrected chi connectivity index (χ1v) is 7.58. The second-order valence-electron chi connectivity index (χ2n) is 6.25. The maximum Gasteiger partial charge on any atom is 0.256 e. The molecule has 0 radical (unpaired) electrons. The van der Waals surface area contributed by atoms with Gasteiger partial charge in [-0.3, -0.25) is 14.8 Å². The van der Waals surface area contributed by atoms with Crippen LogP contribution in [-0.2, 0) is 0 Å².